The molecule has 108 valence electrons. The summed E-state index contributed by atoms with van der Waals surface area (Å²) in [4.78, 5) is 2.60. The largest absolute Gasteiger partial charge is 0.371 e. The molecule has 0 N–H and O–H groups in total. The monoisotopic (exact) mass is 261 g/mol. The molecule has 1 heteroatoms. The molecule has 0 amide bonds. The van der Waals surface area contributed by atoms with E-state index in [4.69, 9.17) is 0 Å². The molecule has 1 nitrogen and oxygen atoms in total. The van der Waals surface area contributed by atoms with Crippen LogP contribution in [0.2, 0.25) is 0 Å². The lowest BCUT2D eigenvalue weighted by molar-refractivity contribution is 0.719. The summed E-state index contributed by atoms with van der Waals surface area (Å²) in [5.74, 6) is 1.18. The number of anilines is 1. The lowest BCUT2D eigenvalue weighted by Gasteiger charge is -2.31. The Balaban J connectivity index is 3.32. The van der Waals surface area contributed by atoms with Crippen LogP contribution in [0.1, 0.15) is 77.3 Å². The summed E-state index contributed by atoms with van der Waals surface area (Å²) < 4.78 is 0. The minimum absolute atomic E-state index is 0.588. The van der Waals surface area contributed by atoms with Gasteiger partial charge in [-0.3, -0.25) is 0 Å². The average Bonchev–Trinajstić information content (AvgIpc) is 2.37. The van der Waals surface area contributed by atoms with Gasteiger partial charge in [0.25, 0.3) is 0 Å². The van der Waals surface area contributed by atoms with Gasteiger partial charge in [0, 0.05) is 18.8 Å². The summed E-state index contributed by atoms with van der Waals surface area (Å²) in [7, 11) is 0. The quantitative estimate of drug-likeness (QED) is 0.621. The first kappa shape index (κ1) is 16.1. The molecule has 1 aromatic carbocycles. The zero-order chi connectivity index (χ0) is 14.4. The summed E-state index contributed by atoms with van der Waals surface area (Å²) in [6.45, 7) is 16.1. The molecule has 0 heterocycles. The first-order valence-corrected chi connectivity index (χ1v) is 7.90. The van der Waals surface area contributed by atoms with Crippen LogP contribution in [0.4, 0.5) is 5.69 Å². The Kier molecular flexibility index (Phi) is 6.41. The average molecular weight is 261 g/mol. The molecule has 1 aromatic rings. The predicted octanol–water partition coefficient (Wildman–Crippen LogP) is 5.56. The Morgan fingerprint density at radius 2 is 1.26 bits per heavy atom. The molecular weight excluding hydrogens is 230 g/mol. The van der Waals surface area contributed by atoms with E-state index < -0.39 is 0 Å². The first-order chi connectivity index (χ1) is 9.02. The molecule has 0 saturated heterocycles. The van der Waals surface area contributed by atoms with E-state index in [1.165, 1.54) is 29.7 Å². The smallest absolute Gasteiger partial charge is 0.0436 e. The van der Waals surface area contributed by atoms with Crippen LogP contribution in [0.25, 0.3) is 0 Å². The minimum Gasteiger partial charge on any atom is -0.371 e. The second kappa shape index (κ2) is 7.57. The van der Waals surface area contributed by atoms with Crippen molar-refractivity contribution < 1.29 is 0 Å². The van der Waals surface area contributed by atoms with Crippen LogP contribution in [-0.2, 0) is 0 Å². The van der Waals surface area contributed by atoms with Crippen molar-refractivity contribution in [2.45, 2.75) is 66.2 Å². The highest BCUT2D eigenvalue weighted by atomic mass is 15.1. The van der Waals surface area contributed by atoms with Crippen molar-refractivity contribution >= 4 is 5.69 Å². The highest BCUT2D eigenvalue weighted by molar-refractivity contribution is 5.62. The van der Waals surface area contributed by atoms with Crippen molar-refractivity contribution in [3.05, 3.63) is 29.3 Å². The topological polar surface area (TPSA) is 3.24 Å². The van der Waals surface area contributed by atoms with Crippen molar-refractivity contribution in [1.82, 2.24) is 0 Å². The van der Waals surface area contributed by atoms with Crippen molar-refractivity contribution in [2.75, 3.05) is 18.0 Å². The van der Waals surface area contributed by atoms with Crippen LogP contribution in [0.5, 0.6) is 0 Å². The molecule has 0 fully saturated rings. The van der Waals surface area contributed by atoms with E-state index in [0.29, 0.717) is 11.8 Å². The first-order valence-electron chi connectivity index (χ1n) is 7.90. The molecule has 19 heavy (non-hydrogen) atoms. The normalized spacial score (nSPS) is 11.4. The maximum absolute atomic E-state index is 2.60. The zero-order valence-electron chi connectivity index (χ0n) is 13.7. The Morgan fingerprint density at radius 1 is 0.842 bits per heavy atom. The van der Waals surface area contributed by atoms with E-state index >= 15 is 0 Å². The van der Waals surface area contributed by atoms with Crippen molar-refractivity contribution in [1.29, 1.82) is 0 Å². The summed E-state index contributed by atoms with van der Waals surface area (Å²) in [6.07, 6.45) is 2.42. The Labute approximate surface area is 120 Å². The number of hydrogen-bond acceptors (Lipinski definition) is 1. The molecule has 0 aliphatic rings. The minimum atomic E-state index is 0.588. The molecule has 0 atom stereocenters. The Bertz CT molecular complexity index is 347. The van der Waals surface area contributed by atoms with Gasteiger partial charge in [0.1, 0.15) is 0 Å². The molecule has 0 saturated carbocycles. The lowest BCUT2D eigenvalue weighted by Crippen LogP contribution is -2.27. The van der Waals surface area contributed by atoms with Crippen LogP contribution >= 0.6 is 0 Å². The van der Waals surface area contributed by atoms with Gasteiger partial charge in [0.2, 0.25) is 0 Å². The molecule has 0 bridgehead atoms. The van der Waals surface area contributed by atoms with Crippen LogP contribution < -0.4 is 4.90 Å². The molecule has 0 aliphatic heterocycles. The van der Waals surface area contributed by atoms with Gasteiger partial charge in [-0.05, 0) is 35.8 Å². The van der Waals surface area contributed by atoms with Crippen LogP contribution in [0.15, 0.2) is 18.2 Å². The third kappa shape index (κ3) is 3.99. The molecule has 0 unspecified atom stereocenters. The van der Waals surface area contributed by atoms with E-state index in [2.05, 4.69) is 64.6 Å². The van der Waals surface area contributed by atoms with E-state index in [-0.39, 0.29) is 0 Å². The maximum atomic E-state index is 2.60. The van der Waals surface area contributed by atoms with Gasteiger partial charge < -0.3 is 4.90 Å². The SMILES string of the molecule is CCCN(CCC)c1c(C(C)C)cccc1C(C)C. The molecular formula is C18H31N. The van der Waals surface area contributed by atoms with Gasteiger partial charge in [-0.25, -0.2) is 0 Å². The summed E-state index contributed by atoms with van der Waals surface area (Å²) in [6, 6.07) is 6.85. The van der Waals surface area contributed by atoms with Gasteiger partial charge in [-0.15, -0.1) is 0 Å². The summed E-state index contributed by atoms with van der Waals surface area (Å²) in [5, 5.41) is 0. The van der Waals surface area contributed by atoms with Gasteiger partial charge in [0.05, 0.1) is 0 Å². The van der Waals surface area contributed by atoms with E-state index in [0.717, 1.165) is 13.1 Å². The molecule has 0 aliphatic carbocycles. The summed E-state index contributed by atoms with van der Waals surface area (Å²) >= 11 is 0. The Hall–Kier alpha value is -0.980. The van der Waals surface area contributed by atoms with Crippen LogP contribution in [0.3, 0.4) is 0 Å². The number of benzene rings is 1. The molecule has 0 aromatic heterocycles. The van der Waals surface area contributed by atoms with Gasteiger partial charge >= 0.3 is 0 Å². The highest BCUT2D eigenvalue weighted by Crippen LogP contribution is 2.35. The van der Waals surface area contributed by atoms with Gasteiger partial charge in [-0.2, -0.15) is 0 Å². The third-order valence-electron chi connectivity index (χ3n) is 3.65. The predicted molar refractivity (Wildman–Crippen MR) is 87.4 cm³/mol. The highest BCUT2D eigenvalue weighted by Gasteiger charge is 2.18. The lowest BCUT2D eigenvalue weighted by atomic mass is 9.91. The fourth-order valence-electron chi connectivity index (χ4n) is 2.75. The van der Waals surface area contributed by atoms with Gasteiger partial charge in [0.15, 0.2) is 0 Å². The third-order valence-corrected chi connectivity index (χ3v) is 3.65. The van der Waals surface area contributed by atoms with E-state index in [9.17, 15) is 0 Å². The van der Waals surface area contributed by atoms with Crippen LogP contribution in [0, 0.1) is 0 Å². The fraction of sp³-hybridized carbons (Fsp3) is 0.667. The second-order valence-corrected chi connectivity index (χ2v) is 6.08. The summed E-state index contributed by atoms with van der Waals surface area (Å²) in [5.41, 5.74) is 4.53. The second-order valence-electron chi connectivity index (χ2n) is 6.08. The van der Waals surface area contributed by atoms with E-state index in [1.54, 1.807) is 0 Å². The van der Waals surface area contributed by atoms with E-state index in [1.807, 2.05) is 0 Å². The maximum Gasteiger partial charge on any atom is 0.0436 e. The number of para-hydroxylation sites is 1. The van der Waals surface area contributed by atoms with Gasteiger partial charge in [-0.1, -0.05) is 59.7 Å². The number of rotatable bonds is 7. The molecule has 1 rings (SSSR count). The van der Waals surface area contributed by atoms with Crippen molar-refractivity contribution in [2.24, 2.45) is 0 Å². The number of nitrogens with zero attached hydrogens (tertiary/aromatic N) is 1. The number of hydrogen-bond donors (Lipinski definition) is 0. The zero-order valence-corrected chi connectivity index (χ0v) is 13.7. The van der Waals surface area contributed by atoms with Crippen molar-refractivity contribution in [3.8, 4) is 0 Å². The molecule has 0 radical (unpaired) electrons. The fourth-order valence-corrected chi connectivity index (χ4v) is 2.75. The Morgan fingerprint density at radius 3 is 1.58 bits per heavy atom. The molecule has 0 spiro atoms. The standard InChI is InChI=1S/C18H31N/c1-7-12-19(13-8-2)18-16(14(3)4)10-9-11-17(18)15(5)6/h9-11,14-15H,7-8,12-13H2,1-6H3. The van der Waals surface area contributed by atoms with Crippen molar-refractivity contribution in [3.63, 3.8) is 0 Å². The van der Waals surface area contributed by atoms with Crippen LogP contribution in [-0.4, -0.2) is 13.1 Å².